The van der Waals surface area contributed by atoms with Crippen molar-refractivity contribution in [3.05, 3.63) is 41.1 Å². The molecule has 3 N–H and O–H groups in total. The number of nitrogens with zero attached hydrogens (tertiary/aromatic N) is 4. The molecule has 0 radical (unpaired) electrons. The summed E-state index contributed by atoms with van der Waals surface area (Å²) in [6.45, 7) is 6.82. The fourth-order valence-electron chi connectivity index (χ4n) is 3.94. The van der Waals surface area contributed by atoms with Gasteiger partial charge in [0.25, 0.3) is 0 Å². The third kappa shape index (κ3) is 4.81. The number of urea groups is 1. The van der Waals surface area contributed by atoms with E-state index in [0.717, 1.165) is 24.9 Å². The van der Waals surface area contributed by atoms with Crippen LogP contribution in [0, 0.1) is 0 Å². The number of likely N-dealkylation sites (tertiary alicyclic amines) is 1. The van der Waals surface area contributed by atoms with Gasteiger partial charge in [-0.1, -0.05) is 37.6 Å². The Morgan fingerprint density at radius 2 is 1.93 bits per heavy atom. The van der Waals surface area contributed by atoms with E-state index < -0.39 is 0 Å². The number of hydrogen-bond donors (Lipinski definition) is 2. The molecule has 2 aromatic rings. The van der Waals surface area contributed by atoms with Gasteiger partial charge in [0, 0.05) is 13.1 Å². The van der Waals surface area contributed by atoms with E-state index in [4.69, 9.17) is 10.5 Å². The van der Waals surface area contributed by atoms with Crippen LogP contribution in [0.3, 0.4) is 0 Å². The van der Waals surface area contributed by atoms with Gasteiger partial charge in [0.1, 0.15) is 5.69 Å². The summed E-state index contributed by atoms with van der Waals surface area (Å²) in [5.41, 5.74) is 9.59. The normalized spacial score (nSPS) is 16.4. The number of unbranched alkanes of at least 4 members (excludes halogenated alkanes) is 1. The van der Waals surface area contributed by atoms with Crippen molar-refractivity contribution in [2.24, 2.45) is 0 Å². The van der Waals surface area contributed by atoms with Gasteiger partial charge in [-0.15, -0.1) is 0 Å². The number of carbonyl (C=O) groups is 1. The minimum Gasteiger partial charge on any atom is -0.463 e. The second-order valence-electron chi connectivity index (χ2n) is 8.00. The Labute approximate surface area is 177 Å². The van der Waals surface area contributed by atoms with Crippen LogP contribution >= 0.6 is 0 Å². The Balaban J connectivity index is 1.45. The summed E-state index contributed by atoms with van der Waals surface area (Å²) in [7, 11) is 0. The van der Waals surface area contributed by atoms with E-state index in [2.05, 4.69) is 51.4 Å². The van der Waals surface area contributed by atoms with E-state index in [0.29, 0.717) is 31.1 Å². The Hall–Kier alpha value is -2.87. The molecule has 0 unspecified atom stereocenters. The van der Waals surface area contributed by atoms with Crippen molar-refractivity contribution in [2.45, 2.75) is 52.2 Å². The summed E-state index contributed by atoms with van der Waals surface area (Å²) in [6.07, 6.45) is 4.52. The van der Waals surface area contributed by atoms with Crippen LogP contribution in [0.5, 0.6) is 6.01 Å². The number of nitrogen functional groups attached to an aromatic ring is 1. The van der Waals surface area contributed by atoms with E-state index in [1.165, 1.54) is 31.5 Å². The smallest absolute Gasteiger partial charge is 0.322 e. The van der Waals surface area contributed by atoms with Gasteiger partial charge in [-0.2, -0.15) is 9.97 Å². The zero-order valence-corrected chi connectivity index (χ0v) is 17.6. The van der Waals surface area contributed by atoms with E-state index in [9.17, 15) is 4.79 Å². The van der Waals surface area contributed by atoms with Crippen LogP contribution in [0.25, 0.3) is 0 Å². The molecule has 1 aromatic carbocycles. The number of anilines is 2. The summed E-state index contributed by atoms with van der Waals surface area (Å²) in [6, 6.07) is 8.54. The van der Waals surface area contributed by atoms with Crippen molar-refractivity contribution in [2.75, 3.05) is 30.7 Å². The molecule has 2 amide bonds. The molecule has 160 valence electrons. The lowest BCUT2D eigenvalue weighted by Gasteiger charge is -2.29. The molecule has 0 atom stereocenters. The zero-order chi connectivity index (χ0) is 20.9. The van der Waals surface area contributed by atoms with Crippen molar-refractivity contribution in [3.8, 4) is 6.01 Å². The number of amides is 2. The molecule has 8 nitrogen and oxygen atoms in total. The molecule has 0 bridgehead atoms. The summed E-state index contributed by atoms with van der Waals surface area (Å²) in [5, 5.41) is 2.84. The number of ether oxygens (including phenoxy) is 1. The minimum atomic E-state index is -0.192. The van der Waals surface area contributed by atoms with Crippen molar-refractivity contribution in [1.82, 2.24) is 19.8 Å². The molecule has 4 rings (SSSR count). The standard InChI is InChI=1S/C22H30N6O2/c1-2-3-11-30-21-24-18-15-28(22(29)25-19(18)20(23)26-21)14-17-8-6-7-16(12-17)13-27-9-4-5-10-27/h6-8,12H,2-5,9-11,13-15H2,1H3,(H,25,29)(H2,23,24,26). The molecular formula is C22H30N6O2. The zero-order valence-electron chi connectivity index (χ0n) is 17.6. The first kappa shape index (κ1) is 20.4. The lowest BCUT2D eigenvalue weighted by Crippen LogP contribution is -2.39. The highest BCUT2D eigenvalue weighted by molar-refractivity contribution is 5.94. The Morgan fingerprint density at radius 1 is 1.17 bits per heavy atom. The predicted octanol–water partition coefficient (Wildman–Crippen LogP) is 3.38. The number of rotatable bonds is 8. The Bertz CT molecular complexity index is 897. The maximum Gasteiger partial charge on any atom is 0.322 e. The van der Waals surface area contributed by atoms with Gasteiger partial charge in [-0.25, -0.2) is 4.79 Å². The number of carbonyl (C=O) groups excluding carboxylic acids is 1. The Morgan fingerprint density at radius 3 is 2.70 bits per heavy atom. The quantitative estimate of drug-likeness (QED) is 0.648. The molecule has 1 saturated heterocycles. The van der Waals surface area contributed by atoms with Crippen LogP contribution in [0.4, 0.5) is 16.3 Å². The summed E-state index contributed by atoms with van der Waals surface area (Å²) < 4.78 is 5.61. The number of benzene rings is 1. The van der Waals surface area contributed by atoms with E-state index >= 15 is 0 Å². The summed E-state index contributed by atoms with van der Waals surface area (Å²) in [4.78, 5) is 25.5. The average Bonchev–Trinajstić information content (AvgIpc) is 3.23. The van der Waals surface area contributed by atoms with Gasteiger partial charge < -0.3 is 20.7 Å². The highest BCUT2D eigenvalue weighted by Gasteiger charge is 2.27. The first-order valence-electron chi connectivity index (χ1n) is 10.8. The number of fused-ring (bicyclic) bond motifs is 1. The topological polar surface area (TPSA) is 96.6 Å². The first-order chi connectivity index (χ1) is 14.6. The third-order valence-corrected chi connectivity index (χ3v) is 5.55. The molecule has 1 fully saturated rings. The molecule has 0 saturated carbocycles. The number of nitrogens with one attached hydrogen (secondary N) is 1. The van der Waals surface area contributed by atoms with Gasteiger partial charge in [0.05, 0.1) is 18.8 Å². The minimum absolute atomic E-state index is 0.192. The fraction of sp³-hybridized carbons (Fsp3) is 0.500. The molecule has 2 aliphatic rings. The Kier molecular flexibility index (Phi) is 6.32. The van der Waals surface area contributed by atoms with Crippen molar-refractivity contribution < 1.29 is 9.53 Å². The molecule has 2 aliphatic heterocycles. The van der Waals surface area contributed by atoms with E-state index in [1.54, 1.807) is 4.90 Å². The second kappa shape index (κ2) is 9.30. The molecule has 30 heavy (non-hydrogen) atoms. The maximum atomic E-state index is 12.6. The molecule has 1 aromatic heterocycles. The summed E-state index contributed by atoms with van der Waals surface area (Å²) in [5.74, 6) is 0.243. The SMILES string of the molecule is CCCCOc1nc(N)c2c(n1)CN(Cc1cccc(CN3CCCC3)c1)C(=O)N2. The third-order valence-electron chi connectivity index (χ3n) is 5.55. The van der Waals surface area contributed by atoms with Crippen LogP contribution in [-0.4, -0.2) is 45.5 Å². The van der Waals surface area contributed by atoms with Crippen LogP contribution < -0.4 is 15.8 Å². The molecular weight excluding hydrogens is 380 g/mol. The van der Waals surface area contributed by atoms with Crippen LogP contribution in [0.15, 0.2) is 24.3 Å². The monoisotopic (exact) mass is 410 g/mol. The number of nitrogens with two attached hydrogens (primary N) is 1. The van der Waals surface area contributed by atoms with Crippen molar-refractivity contribution >= 4 is 17.5 Å². The average molecular weight is 411 g/mol. The largest absolute Gasteiger partial charge is 0.463 e. The lowest BCUT2D eigenvalue weighted by molar-refractivity contribution is 0.202. The maximum absolute atomic E-state index is 12.6. The highest BCUT2D eigenvalue weighted by Crippen LogP contribution is 2.29. The van der Waals surface area contributed by atoms with Crippen molar-refractivity contribution in [1.29, 1.82) is 0 Å². The first-order valence-corrected chi connectivity index (χ1v) is 10.8. The van der Waals surface area contributed by atoms with Gasteiger partial charge in [-0.05, 0) is 43.5 Å². The molecule has 0 aliphatic carbocycles. The predicted molar refractivity (Wildman–Crippen MR) is 116 cm³/mol. The number of aromatic nitrogens is 2. The number of hydrogen-bond acceptors (Lipinski definition) is 6. The van der Waals surface area contributed by atoms with Crippen LogP contribution in [-0.2, 0) is 19.6 Å². The fourth-order valence-corrected chi connectivity index (χ4v) is 3.94. The van der Waals surface area contributed by atoms with Gasteiger partial charge >= 0.3 is 12.0 Å². The molecule has 0 spiro atoms. The molecule has 8 heteroatoms. The lowest BCUT2D eigenvalue weighted by atomic mass is 10.1. The molecule has 3 heterocycles. The van der Waals surface area contributed by atoms with E-state index in [1.807, 2.05) is 0 Å². The van der Waals surface area contributed by atoms with Crippen molar-refractivity contribution in [3.63, 3.8) is 0 Å². The second-order valence-corrected chi connectivity index (χ2v) is 8.00. The van der Waals surface area contributed by atoms with Gasteiger partial charge in [0.15, 0.2) is 5.82 Å². The van der Waals surface area contributed by atoms with Gasteiger partial charge in [-0.3, -0.25) is 4.90 Å². The highest BCUT2D eigenvalue weighted by atomic mass is 16.5. The van der Waals surface area contributed by atoms with Crippen LogP contribution in [0.2, 0.25) is 0 Å². The van der Waals surface area contributed by atoms with E-state index in [-0.39, 0.29) is 17.9 Å². The summed E-state index contributed by atoms with van der Waals surface area (Å²) >= 11 is 0. The van der Waals surface area contributed by atoms with Crippen LogP contribution in [0.1, 0.15) is 49.4 Å². The van der Waals surface area contributed by atoms with Gasteiger partial charge in [0.2, 0.25) is 0 Å².